The van der Waals surface area contributed by atoms with Gasteiger partial charge in [0.05, 0.1) is 6.20 Å². The molecule has 0 saturated heterocycles. The van der Waals surface area contributed by atoms with Gasteiger partial charge in [0.1, 0.15) is 5.71 Å². The topological polar surface area (TPSA) is 18.3 Å². The lowest BCUT2D eigenvalue weighted by molar-refractivity contribution is -0.539. The molecule has 1 aromatic heterocycles. The minimum absolute atomic E-state index is 0.586. The first-order chi connectivity index (χ1) is 5.79. The smallest absolute Gasteiger partial charge is 0.200 e. The first kappa shape index (κ1) is 7.47. The SMILES string of the molecule is CC(C)C1=[n+]2ccccc2=NC1. The first-order valence-electron chi connectivity index (χ1n) is 4.33. The normalized spacial score (nSPS) is 14.8. The van der Waals surface area contributed by atoms with E-state index in [1.807, 2.05) is 12.1 Å². The van der Waals surface area contributed by atoms with Crippen molar-refractivity contribution >= 4 is 0 Å². The molecule has 0 atom stereocenters. The zero-order valence-electron chi connectivity index (χ0n) is 7.49. The predicted molar refractivity (Wildman–Crippen MR) is 46.1 cm³/mol. The van der Waals surface area contributed by atoms with Gasteiger partial charge in [-0.1, -0.05) is 24.9 Å². The van der Waals surface area contributed by atoms with E-state index in [2.05, 4.69) is 35.3 Å². The molecule has 0 unspecified atom stereocenters. The summed E-state index contributed by atoms with van der Waals surface area (Å²) in [6.07, 6.45) is 2.08. The fourth-order valence-electron chi connectivity index (χ4n) is 1.50. The highest BCUT2D eigenvalue weighted by Gasteiger charge is 2.17. The number of hydrogen-bond donors (Lipinski definition) is 0. The summed E-state index contributed by atoms with van der Waals surface area (Å²) in [7, 11) is 0. The Morgan fingerprint density at radius 3 is 3.00 bits per heavy atom. The molecule has 0 amide bonds. The van der Waals surface area contributed by atoms with Crippen molar-refractivity contribution in [1.29, 1.82) is 0 Å². The maximum absolute atomic E-state index is 4.43. The predicted octanol–water partition coefficient (Wildman–Crippen LogP) is 0.643. The maximum atomic E-state index is 4.43. The summed E-state index contributed by atoms with van der Waals surface area (Å²) < 4.78 is 2.19. The molecule has 0 aromatic carbocycles. The second-order valence-corrected chi connectivity index (χ2v) is 3.39. The molecular formula is C10H13N2+. The van der Waals surface area contributed by atoms with Gasteiger partial charge in [0.25, 0.3) is 0 Å². The van der Waals surface area contributed by atoms with E-state index in [9.17, 15) is 0 Å². The van der Waals surface area contributed by atoms with E-state index in [-0.39, 0.29) is 0 Å². The lowest BCUT2D eigenvalue weighted by Gasteiger charge is -1.97. The van der Waals surface area contributed by atoms with Gasteiger partial charge in [-0.15, -0.1) is 0 Å². The van der Waals surface area contributed by atoms with Gasteiger partial charge in [-0.25, -0.2) is 4.24 Å². The highest BCUT2D eigenvalue weighted by Crippen LogP contribution is 2.03. The fraction of sp³-hybridized carbons (Fsp3) is 0.400. The van der Waals surface area contributed by atoms with Crippen LogP contribution in [0.1, 0.15) is 13.8 Å². The largest absolute Gasteiger partial charge is 0.322 e. The molecule has 1 aliphatic rings. The Bertz CT molecular complexity index is 404. The Morgan fingerprint density at radius 2 is 2.25 bits per heavy atom. The molecule has 12 heavy (non-hydrogen) atoms. The molecule has 0 spiro atoms. The summed E-state index contributed by atoms with van der Waals surface area (Å²) in [5, 5.41) is 0. The van der Waals surface area contributed by atoms with Crippen LogP contribution in [0.15, 0.2) is 29.4 Å². The number of hydrogen-bond acceptors (Lipinski definition) is 1. The highest BCUT2D eigenvalue weighted by molar-refractivity contribution is 4.89. The third kappa shape index (κ3) is 1.04. The van der Waals surface area contributed by atoms with Crippen molar-refractivity contribution in [3.8, 4) is 0 Å². The van der Waals surface area contributed by atoms with Crippen LogP contribution in [0, 0.1) is 11.6 Å². The second-order valence-electron chi connectivity index (χ2n) is 3.39. The van der Waals surface area contributed by atoms with E-state index in [1.54, 1.807) is 0 Å². The van der Waals surface area contributed by atoms with Crippen LogP contribution in [0.4, 0.5) is 0 Å². The van der Waals surface area contributed by atoms with E-state index < -0.39 is 0 Å². The molecule has 0 aliphatic carbocycles. The van der Waals surface area contributed by atoms with E-state index in [1.165, 1.54) is 5.71 Å². The lowest BCUT2D eigenvalue weighted by atomic mass is 10.1. The average molecular weight is 161 g/mol. The minimum atomic E-state index is 0.586. The van der Waals surface area contributed by atoms with Crippen molar-refractivity contribution in [3.63, 3.8) is 0 Å². The van der Waals surface area contributed by atoms with Crippen molar-refractivity contribution in [1.82, 2.24) is 0 Å². The Morgan fingerprint density at radius 1 is 1.42 bits per heavy atom. The van der Waals surface area contributed by atoms with Gasteiger partial charge >= 0.3 is 5.49 Å². The average Bonchev–Trinajstić information content (AvgIpc) is 2.47. The molecule has 1 aliphatic heterocycles. The summed E-state index contributed by atoms with van der Waals surface area (Å²) in [5.41, 5.74) is 2.48. The molecule has 1 aromatic rings. The molecule has 2 heterocycles. The lowest BCUT2D eigenvalue weighted by Crippen LogP contribution is -2.37. The molecule has 2 heteroatoms. The molecular weight excluding hydrogens is 148 g/mol. The number of nitrogens with zero attached hydrogens (tertiary/aromatic N) is 2. The molecule has 0 bridgehead atoms. The summed E-state index contributed by atoms with van der Waals surface area (Å²) in [5.74, 6) is 0.586. The zero-order valence-corrected chi connectivity index (χ0v) is 7.49. The first-order valence-corrected chi connectivity index (χ1v) is 4.33. The molecule has 62 valence electrons. The van der Waals surface area contributed by atoms with Crippen LogP contribution in [0.25, 0.3) is 0 Å². The molecule has 0 N–H and O–H groups in total. The van der Waals surface area contributed by atoms with Crippen molar-refractivity contribution < 1.29 is 4.24 Å². The van der Waals surface area contributed by atoms with Crippen molar-refractivity contribution in [2.75, 3.05) is 6.54 Å². The van der Waals surface area contributed by atoms with Gasteiger partial charge in [-0.3, -0.25) is 0 Å². The maximum Gasteiger partial charge on any atom is 0.322 e. The van der Waals surface area contributed by atoms with Gasteiger partial charge in [0.2, 0.25) is 0 Å². The molecule has 0 saturated carbocycles. The van der Waals surface area contributed by atoms with E-state index >= 15 is 0 Å². The molecule has 2 nitrogen and oxygen atoms in total. The van der Waals surface area contributed by atoms with Crippen LogP contribution in [-0.2, 0) is 0 Å². The van der Waals surface area contributed by atoms with Crippen LogP contribution in [0.2, 0.25) is 0 Å². The van der Waals surface area contributed by atoms with Crippen LogP contribution in [0.5, 0.6) is 0 Å². The van der Waals surface area contributed by atoms with Crippen molar-refractivity contribution in [2.24, 2.45) is 10.9 Å². The highest BCUT2D eigenvalue weighted by atomic mass is 15.0. The summed E-state index contributed by atoms with van der Waals surface area (Å²) in [6, 6.07) is 6.13. The number of fused-ring (bicyclic) bond motifs is 1. The fourth-order valence-corrected chi connectivity index (χ4v) is 1.50. The van der Waals surface area contributed by atoms with Gasteiger partial charge in [0, 0.05) is 12.0 Å². The number of pyridine rings is 1. The summed E-state index contributed by atoms with van der Waals surface area (Å²) in [4.78, 5) is 4.43. The van der Waals surface area contributed by atoms with Crippen molar-refractivity contribution in [3.05, 3.63) is 35.6 Å². The van der Waals surface area contributed by atoms with Crippen LogP contribution >= 0.6 is 0 Å². The molecule has 0 fully saturated rings. The van der Waals surface area contributed by atoms with Gasteiger partial charge in [0.15, 0.2) is 6.54 Å². The van der Waals surface area contributed by atoms with Gasteiger partial charge in [-0.2, -0.15) is 0 Å². The molecule has 0 radical (unpaired) electrons. The number of aromatic nitrogens is 1. The standard InChI is InChI=1S/C10H13N2/c1-8(2)9-7-11-10-5-3-4-6-12(9)10/h3-6,8H,7H2,1-2H3/q+1. The second kappa shape index (κ2) is 2.70. The van der Waals surface area contributed by atoms with Crippen LogP contribution < -0.4 is 9.73 Å². The Balaban J connectivity index is 2.74. The Labute approximate surface area is 71.9 Å². The van der Waals surface area contributed by atoms with Gasteiger partial charge in [-0.05, 0) is 6.07 Å². The molecule has 2 rings (SSSR count). The minimum Gasteiger partial charge on any atom is -0.200 e. The summed E-state index contributed by atoms with van der Waals surface area (Å²) in [6.45, 7) is 5.28. The third-order valence-corrected chi connectivity index (χ3v) is 2.22. The number of rotatable bonds is 1. The van der Waals surface area contributed by atoms with Crippen molar-refractivity contribution in [2.45, 2.75) is 13.8 Å². The van der Waals surface area contributed by atoms with E-state index in [4.69, 9.17) is 0 Å². The zero-order chi connectivity index (χ0) is 8.55. The third-order valence-electron chi connectivity index (χ3n) is 2.22. The summed E-state index contributed by atoms with van der Waals surface area (Å²) >= 11 is 0. The van der Waals surface area contributed by atoms with Crippen LogP contribution in [-0.4, -0.2) is 6.54 Å². The Kier molecular flexibility index (Phi) is 1.68. The Hall–Kier alpha value is -1.18. The monoisotopic (exact) mass is 161 g/mol. The quantitative estimate of drug-likeness (QED) is 0.538. The van der Waals surface area contributed by atoms with Gasteiger partial charge < -0.3 is 0 Å². The van der Waals surface area contributed by atoms with E-state index in [0.717, 1.165) is 12.0 Å². The van der Waals surface area contributed by atoms with Crippen LogP contribution in [0.3, 0.4) is 0 Å². The van der Waals surface area contributed by atoms with E-state index in [0.29, 0.717) is 5.92 Å².